The zero-order chi connectivity index (χ0) is 15.4. The Morgan fingerprint density at radius 1 is 1.32 bits per heavy atom. The number of thioether (sulfide) groups is 1. The lowest BCUT2D eigenvalue weighted by Crippen LogP contribution is -2.11. The smallest absolute Gasteiger partial charge is 0.226 e. The Morgan fingerprint density at radius 2 is 2.14 bits per heavy atom. The average molecular weight is 332 g/mol. The highest BCUT2D eigenvalue weighted by atomic mass is 32.2. The van der Waals surface area contributed by atoms with Crippen molar-refractivity contribution in [3.05, 3.63) is 34.7 Å². The van der Waals surface area contributed by atoms with E-state index in [9.17, 15) is 4.79 Å². The molecule has 1 aliphatic carbocycles. The van der Waals surface area contributed by atoms with E-state index in [1.807, 2.05) is 11.6 Å². The molecule has 1 heterocycles. The third-order valence-electron chi connectivity index (χ3n) is 3.93. The molecule has 1 N–H and O–H groups in total. The number of carbonyl (C=O) groups is 1. The van der Waals surface area contributed by atoms with Crippen molar-refractivity contribution in [2.75, 3.05) is 17.3 Å². The molecule has 0 atom stereocenters. The van der Waals surface area contributed by atoms with Crippen LogP contribution in [0.2, 0.25) is 0 Å². The Morgan fingerprint density at radius 3 is 2.95 bits per heavy atom. The van der Waals surface area contributed by atoms with Crippen molar-refractivity contribution in [1.82, 2.24) is 4.98 Å². The van der Waals surface area contributed by atoms with E-state index < -0.39 is 0 Å². The predicted molar refractivity (Wildman–Crippen MR) is 95.8 cm³/mol. The molecule has 0 unspecified atom stereocenters. The van der Waals surface area contributed by atoms with Gasteiger partial charge in [0.2, 0.25) is 5.91 Å². The number of thiazole rings is 1. The van der Waals surface area contributed by atoms with Gasteiger partial charge in [0.1, 0.15) is 0 Å². The van der Waals surface area contributed by atoms with Crippen LogP contribution in [0, 0.1) is 0 Å². The van der Waals surface area contributed by atoms with E-state index in [0.717, 1.165) is 17.0 Å². The van der Waals surface area contributed by atoms with Crippen LogP contribution in [-0.2, 0) is 17.6 Å². The number of rotatable bonds is 5. The molecule has 0 radical (unpaired) electrons. The first-order valence-electron chi connectivity index (χ1n) is 7.63. The molecule has 0 aliphatic heterocycles. The number of hydrogen-bond acceptors (Lipinski definition) is 4. The van der Waals surface area contributed by atoms with E-state index in [1.54, 1.807) is 11.8 Å². The van der Waals surface area contributed by atoms with Crippen LogP contribution in [0.25, 0.3) is 11.3 Å². The molecule has 3 nitrogen and oxygen atoms in total. The minimum absolute atomic E-state index is 0.0423. The molecular formula is C17H20N2OS2. The average Bonchev–Trinajstić information content (AvgIpc) is 3.01. The Bertz CT molecular complexity index is 666. The number of fused-ring (bicyclic) bond motifs is 1. The van der Waals surface area contributed by atoms with Gasteiger partial charge in [-0.05, 0) is 49.1 Å². The number of nitrogens with one attached hydrogen (secondary N) is 1. The van der Waals surface area contributed by atoms with Gasteiger partial charge in [0.05, 0.1) is 5.69 Å². The summed E-state index contributed by atoms with van der Waals surface area (Å²) in [5, 5.41) is 5.60. The van der Waals surface area contributed by atoms with Crippen LogP contribution in [-0.4, -0.2) is 22.9 Å². The highest BCUT2D eigenvalue weighted by Gasteiger charge is 2.12. The molecule has 0 bridgehead atoms. The van der Waals surface area contributed by atoms with E-state index in [4.69, 9.17) is 0 Å². The maximum Gasteiger partial charge on any atom is 0.226 e. The number of aryl methyl sites for hydroxylation is 2. The molecule has 0 saturated carbocycles. The Balaban J connectivity index is 1.72. The van der Waals surface area contributed by atoms with Crippen LogP contribution in [0.15, 0.2) is 23.6 Å². The zero-order valence-corrected chi connectivity index (χ0v) is 14.4. The summed E-state index contributed by atoms with van der Waals surface area (Å²) in [7, 11) is 0. The lowest BCUT2D eigenvalue weighted by molar-refractivity contribution is -0.115. The second-order valence-corrected chi connectivity index (χ2v) is 7.36. The summed E-state index contributed by atoms with van der Waals surface area (Å²) < 4.78 is 0. The van der Waals surface area contributed by atoms with E-state index in [1.165, 1.54) is 48.1 Å². The molecule has 0 saturated heterocycles. The number of anilines is 1. The summed E-state index contributed by atoms with van der Waals surface area (Å²) in [4.78, 5) is 16.3. The molecule has 1 aromatic heterocycles. The lowest BCUT2D eigenvalue weighted by Gasteiger charge is -2.16. The Labute approximate surface area is 139 Å². The van der Waals surface area contributed by atoms with E-state index >= 15 is 0 Å². The van der Waals surface area contributed by atoms with E-state index in [0.29, 0.717) is 11.6 Å². The van der Waals surface area contributed by atoms with Crippen LogP contribution in [0.1, 0.15) is 30.4 Å². The van der Waals surface area contributed by atoms with Gasteiger partial charge < -0.3 is 5.32 Å². The molecule has 1 amide bonds. The summed E-state index contributed by atoms with van der Waals surface area (Å²) in [5.74, 6) is 0.884. The number of aromatic nitrogens is 1. The Kier molecular flexibility index (Phi) is 5.16. The first kappa shape index (κ1) is 15.6. The molecule has 1 aromatic carbocycles. The number of nitrogens with zero attached hydrogens (tertiary/aromatic N) is 1. The summed E-state index contributed by atoms with van der Waals surface area (Å²) in [6.07, 6.45) is 7.49. The van der Waals surface area contributed by atoms with Gasteiger partial charge in [-0.1, -0.05) is 12.1 Å². The lowest BCUT2D eigenvalue weighted by atomic mass is 9.90. The molecule has 22 heavy (non-hydrogen) atoms. The predicted octanol–water partition coefficient (Wildman–Crippen LogP) is 4.38. The molecular weight excluding hydrogens is 312 g/mol. The van der Waals surface area contributed by atoms with Gasteiger partial charge in [-0.2, -0.15) is 11.8 Å². The van der Waals surface area contributed by atoms with Crippen LogP contribution in [0.5, 0.6) is 0 Å². The molecule has 0 spiro atoms. The van der Waals surface area contributed by atoms with Gasteiger partial charge in [0, 0.05) is 23.1 Å². The van der Waals surface area contributed by atoms with Crippen molar-refractivity contribution in [2.45, 2.75) is 32.1 Å². The molecule has 3 rings (SSSR count). The highest BCUT2D eigenvalue weighted by Crippen LogP contribution is 2.29. The summed E-state index contributed by atoms with van der Waals surface area (Å²) in [6, 6.07) is 6.65. The van der Waals surface area contributed by atoms with Gasteiger partial charge in [-0.25, -0.2) is 4.98 Å². The first-order chi connectivity index (χ1) is 10.8. The quantitative estimate of drug-likeness (QED) is 0.883. The highest BCUT2D eigenvalue weighted by molar-refractivity contribution is 7.98. The molecule has 116 valence electrons. The molecule has 2 aromatic rings. The van der Waals surface area contributed by atoms with Gasteiger partial charge in [-0.15, -0.1) is 11.3 Å². The maximum atomic E-state index is 11.8. The maximum absolute atomic E-state index is 11.8. The topological polar surface area (TPSA) is 42.0 Å². The number of benzene rings is 1. The first-order valence-corrected chi connectivity index (χ1v) is 9.90. The van der Waals surface area contributed by atoms with Crippen LogP contribution < -0.4 is 5.32 Å². The standard InChI is InChI=1S/C17H20N2OS2/c1-21-9-8-16(20)19-17-18-15(11-22-17)14-7-6-12-4-2-3-5-13(12)10-14/h6-7,10-11H,2-5,8-9H2,1H3,(H,18,19,20). The number of carbonyl (C=O) groups excluding carboxylic acids is 1. The minimum Gasteiger partial charge on any atom is -0.302 e. The van der Waals surface area contributed by atoms with Gasteiger partial charge in [0.15, 0.2) is 5.13 Å². The van der Waals surface area contributed by atoms with Crippen molar-refractivity contribution in [1.29, 1.82) is 0 Å². The molecule has 5 heteroatoms. The van der Waals surface area contributed by atoms with Crippen molar-refractivity contribution in [3.63, 3.8) is 0 Å². The van der Waals surface area contributed by atoms with Gasteiger partial charge in [-0.3, -0.25) is 4.79 Å². The fourth-order valence-corrected chi connectivity index (χ4v) is 3.86. The summed E-state index contributed by atoms with van der Waals surface area (Å²) >= 11 is 3.17. The van der Waals surface area contributed by atoms with Gasteiger partial charge in [0.25, 0.3) is 0 Å². The Hall–Kier alpha value is -1.33. The summed E-state index contributed by atoms with van der Waals surface area (Å²) in [6.45, 7) is 0. The minimum atomic E-state index is 0.0423. The molecule has 1 aliphatic rings. The fourth-order valence-electron chi connectivity index (χ4n) is 2.73. The second-order valence-electron chi connectivity index (χ2n) is 5.52. The molecule has 0 fully saturated rings. The third kappa shape index (κ3) is 3.70. The largest absolute Gasteiger partial charge is 0.302 e. The van der Waals surface area contributed by atoms with Crippen molar-refractivity contribution < 1.29 is 4.79 Å². The summed E-state index contributed by atoms with van der Waals surface area (Å²) in [5.41, 5.74) is 5.05. The normalized spacial score (nSPS) is 13.7. The third-order valence-corrected chi connectivity index (χ3v) is 5.30. The van der Waals surface area contributed by atoms with Crippen molar-refractivity contribution in [2.24, 2.45) is 0 Å². The van der Waals surface area contributed by atoms with E-state index in [2.05, 4.69) is 28.5 Å². The number of hydrogen-bond donors (Lipinski definition) is 1. The van der Waals surface area contributed by atoms with Crippen molar-refractivity contribution >= 4 is 34.1 Å². The zero-order valence-electron chi connectivity index (χ0n) is 12.7. The SMILES string of the molecule is CSCCC(=O)Nc1nc(-c2ccc3c(c2)CCCC3)cs1. The van der Waals surface area contributed by atoms with Crippen LogP contribution in [0.3, 0.4) is 0 Å². The second kappa shape index (κ2) is 7.29. The van der Waals surface area contributed by atoms with Gasteiger partial charge >= 0.3 is 0 Å². The van der Waals surface area contributed by atoms with Crippen LogP contribution >= 0.6 is 23.1 Å². The van der Waals surface area contributed by atoms with E-state index in [-0.39, 0.29) is 5.91 Å². The van der Waals surface area contributed by atoms with Crippen LogP contribution in [0.4, 0.5) is 5.13 Å². The number of amides is 1. The van der Waals surface area contributed by atoms with Crippen molar-refractivity contribution in [3.8, 4) is 11.3 Å². The monoisotopic (exact) mass is 332 g/mol. The fraction of sp³-hybridized carbons (Fsp3) is 0.412.